The number of halogens is 1. The molecular formula is C21H23FN4O3. The van der Waals surface area contributed by atoms with Gasteiger partial charge in [0, 0.05) is 18.3 Å². The number of aliphatic hydroxyl groups is 1. The Hall–Kier alpha value is -3.23. The molecule has 0 aliphatic carbocycles. The van der Waals surface area contributed by atoms with Crippen LogP contribution in [0.15, 0.2) is 54.9 Å². The second-order valence-electron chi connectivity index (χ2n) is 6.79. The first-order chi connectivity index (χ1) is 13.9. The van der Waals surface area contributed by atoms with Gasteiger partial charge >= 0.3 is 0 Å². The van der Waals surface area contributed by atoms with E-state index in [4.69, 9.17) is 4.74 Å². The van der Waals surface area contributed by atoms with Gasteiger partial charge in [-0.05, 0) is 49.5 Å². The molecule has 0 aliphatic rings. The van der Waals surface area contributed by atoms with E-state index in [2.05, 4.69) is 15.5 Å². The number of nitrogens with zero attached hydrogens (tertiary/aromatic N) is 2. The van der Waals surface area contributed by atoms with E-state index >= 15 is 0 Å². The summed E-state index contributed by atoms with van der Waals surface area (Å²) >= 11 is 0. The van der Waals surface area contributed by atoms with Crippen molar-refractivity contribution in [2.24, 2.45) is 0 Å². The number of amides is 1. The molecule has 0 bridgehead atoms. The standard InChI is InChI=1S/C21H23FN4O3/c1-26(2)9-10-29-19-11-15(16-12-23-24-13-16)5-8-18(19)25-21(28)20(27)14-3-6-17(22)7-4-14/h3-8,11-13,20,27H,9-10H2,1-2H3,(H,23,24)(H,25,28). The van der Waals surface area contributed by atoms with Crippen molar-refractivity contribution in [3.05, 3.63) is 66.2 Å². The second-order valence-corrected chi connectivity index (χ2v) is 6.79. The van der Waals surface area contributed by atoms with Crippen molar-refractivity contribution < 1.29 is 19.0 Å². The lowest BCUT2D eigenvalue weighted by molar-refractivity contribution is -0.124. The molecule has 3 rings (SSSR count). The third kappa shape index (κ3) is 5.40. The van der Waals surface area contributed by atoms with Crippen molar-refractivity contribution >= 4 is 11.6 Å². The lowest BCUT2D eigenvalue weighted by Crippen LogP contribution is -2.22. The number of rotatable bonds is 8. The monoisotopic (exact) mass is 398 g/mol. The number of carbonyl (C=O) groups is 1. The van der Waals surface area contributed by atoms with Gasteiger partial charge in [0.05, 0.1) is 11.9 Å². The summed E-state index contributed by atoms with van der Waals surface area (Å²) in [5.41, 5.74) is 2.48. The maximum absolute atomic E-state index is 13.1. The Bertz CT molecular complexity index is 943. The van der Waals surface area contributed by atoms with E-state index in [-0.39, 0.29) is 0 Å². The molecule has 0 radical (unpaired) electrons. The maximum Gasteiger partial charge on any atom is 0.257 e. The molecule has 152 valence electrons. The number of aliphatic hydroxyl groups excluding tert-OH is 1. The number of aromatic nitrogens is 2. The number of H-pyrrole nitrogens is 1. The fourth-order valence-electron chi connectivity index (χ4n) is 2.67. The van der Waals surface area contributed by atoms with Gasteiger partial charge in [-0.3, -0.25) is 9.89 Å². The van der Waals surface area contributed by atoms with Crippen LogP contribution in [0.4, 0.5) is 10.1 Å². The molecule has 0 saturated heterocycles. The molecule has 1 atom stereocenters. The molecule has 0 spiro atoms. The second kappa shape index (κ2) is 9.31. The minimum Gasteiger partial charge on any atom is -0.490 e. The summed E-state index contributed by atoms with van der Waals surface area (Å²) in [6, 6.07) is 10.5. The normalized spacial score (nSPS) is 12.0. The van der Waals surface area contributed by atoms with Gasteiger partial charge in [0.25, 0.3) is 5.91 Å². The highest BCUT2D eigenvalue weighted by molar-refractivity contribution is 5.96. The summed E-state index contributed by atoms with van der Waals surface area (Å²) in [5, 5.41) is 19.7. The Morgan fingerprint density at radius 2 is 2.00 bits per heavy atom. The Labute approximate surface area is 168 Å². The summed E-state index contributed by atoms with van der Waals surface area (Å²) in [7, 11) is 3.87. The zero-order valence-electron chi connectivity index (χ0n) is 16.2. The predicted octanol–water partition coefficient (Wildman–Crippen LogP) is 2.83. The highest BCUT2D eigenvalue weighted by Gasteiger charge is 2.19. The number of hydrogen-bond acceptors (Lipinski definition) is 5. The largest absolute Gasteiger partial charge is 0.490 e. The zero-order valence-corrected chi connectivity index (χ0v) is 16.2. The Kier molecular flexibility index (Phi) is 6.58. The topological polar surface area (TPSA) is 90.5 Å². The fourth-order valence-corrected chi connectivity index (χ4v) is 2.67. The summed E-state index contributed by atoms with van der Waals surface area (Å²) in [4.78, 5) is 14.5. The molecule has 1 heterocycles. The van der Waals surface area contributed by atoms with E-state index in [0.717, 1.165) is 11.1 Å². The van der Waals surface area contributed by atoms with Crippen LogP contribution >= 0.6 is 0 Å². The molecule has 3 N–H and O–H groups in total. The summed E-state index contributed by atoms with van der Waals surface area (Å²) in [5.74, 6) is -0.594. The van der Waals surface area contributed by atoms with Gasteiger partial charge in [-0.25, -0.2) is 4.39 Å². The van der Waals surface area contributed by atoms with Crippen molar-refractivity contribution in [3.8, 4) is 16.9 Å². The van der Waals surface area contributed by atoms with Gasteiger partial charge in [0.15, 0.2) is 6.10 Å². The van der Waals surface area contributed by atoms with E-state index in [1.165, 1.54) is 24.3 Å². The van der Waals surface area contributed by atoms with E-state index < -0.39 is 17.8 Å². The van der Waals surface area contributed by atoms with Crippen LogP contribution in [-0.2, 0) is 4.79 Å². The van der Waals surface area contributed by atoms with Crippen LogP contribution in [0, 0.1) is 5.82 Å². The first kappa shape index (κ1) is 20.5. The highest BCUT2D eigenvalue weighted by Crippen LogP contribution is 2.31. The number of benzene rings is 2. The molecule has 3 aromatic rings. The van der Waals surface area contributed by atoms with Crippen LogP contribution in [0.3, 0.4) is 0 Å². The number of carbonyl (C=O) groups excluding carboxylic acids is 1. The number of hydrogen-bond donors (Lipinski definition) is 3. The Balaban J connectivity index is 1.80. The maximum atomic E-state index is 13.1. The van der Waals surface area contributed by atoms with Crippen LogP contribution in [0.25, 0.3) is 11.1 Å². The molecule has 0 saturated carbocycles. The van der Waals surface area contributed by atoms with Crippen LogP contribution in [0.5, 0.6) is 5.75 Å². The molecule has 0 aliphatic heterocycles. The lowest BCUT2D eigenvalue weighted by atomic mass is 10.1. The van der Waals surface area contributed by atoms with Gasteiger partial charge in [0.2, 0.25) is 0 Å². The minimum atomic E-state index is -1.43. The molecule has 29 heavy (non-hydrogen) atoms. The molecular weight excluding hydrogens is 375 g/mol. The smallest absolute Gasteiger partial charge is 0.257 e. The lowest BCUT2D eigenvalue weighted by Gasteiger charge is -2.17. The third-order valence-corrected chi connectivity index (χ3v) is 4.30. The average Bonchev–Trinajstić information content (AvgIpc) is 3.23. The van der Waals surface area contributed by atoms with Crippen molar-refractivity contribution in [2.45, 2.75) is 6.10 Å². The van der Waals surface area contributed by atoms with Crippen molar-refractivity contribution in [1.82, 2.24) is 15.1 Å². The van der Waals surface area contributed by atoms with Crippen LogP contribution in [-0.4, -0.2) is 53.4 Å². The number of aromatic amines is 1. The molecule has 2 aromatic carbocycles. The van der Waals surface area contributed by atoms with E-state index in [9.17, 15) is 14.3 Å². The van der Waals surface area contributed by atoms with Gasteiger partial charge in [0.1, 0.15) is 18.2 Å². The van der Waals surface area contributed by atoms with Crippen molar-refractivity contribution in [1.29, 1.82) is 0 Å². The minimum absolute atomic E-state index is 0.300. The van der Waals surface area contributed by atoms with Gasteiger partial charge in [-0.15, -0.1) is 0 Å². The highest BCUT2D eigenvalue weighted by atomic mass is 19.1. The van der Waals surface area contributed by atoms with Gasteiger partial charge in [-0.2, -0.15) is 5.10 Å². The van der Waals surface area contributed by atoms with Gasteiger partial charge in [-0.1, -0.05) is 18.2 Å². The number of nitrogens with one attached hydrogen (secondary N) is 2. The molecule has 1 aromatic heterocycles. The zero-order chi connectivity index (χ0) is 20.8. The predicted molar refractivity (Wildman–Crippen MR) is 108 cm³/mol. The SMILES string of the molecule is CN(C)CCOc1cc(-c2cn[nH]c2)ccc1NC(=O)C(O)c1ccc(F)cc1. The molecule has 1 unspecified atom stereocenters. The first-order valence-electron chi connectivity index (χ1n) is 9.09. The third-order valence-electron chi connectivity index (χ3n) is 4.30. The molecule has 7 nitrogen and oxygen atoms in total. The number of anilines is 1. The summed E-state index contributed by atoms with van der Waals surface area (Å²) in [6.45, 7) is 1.12. The molecule has 1 amide bonds. The van der Waals surface area contributed by atoms with Gasteiger partial charge < -0.3 is 20.1 Å². The van der Waals surface area contributed by atoms with Crippen LogP contribution in [0.1, 0.15) is 11.7 Å². The van der Waals surface area contributed by atoms with E-state index in [1.807, 2.05) is 25.1 Å². The van der Waals surface area contributed by atoms with E-state index in [1.54, 1.807) is 24.5 Å². The Morgan fingerprint density at radius 1 is 1.24 bits per heavy atom. The Morgan fingerprint density at radius 3 is 2.66 bits per heavy atom. The average molecular weight is 398 g/mol. The first-order valence-corrected chi connectivity index (χ1v) is 9.09. The summed E-state index contributed by atoms with van der Waals surface area (Å²) in [6.07, 6.45) is 2.02. The fraction of sp³-hybridized carbons (Fsp3) is 0.238. The molecule has 0 fully saturated rings. The number of ether oxygens (including phenoxy) is 1. The van der Waals surface area contributed by atoms with E-state index in [0.29, 0.717) is 30.2 Å². The molecule has 8 heteroatoms. The van der Waals surface area contributed by atoms with Crippen molar-refractivity contribution in [2.75, 3.05) is 32.6 Å². The van der Waals surface area contributed by atoms with Crippen LogP contribution in [0.2, 0.25) is 0 Å². The number of likely N-dealkylation sites (N-methyl/N-ethyl adjacent to an activating group) is 1. The quantitative estimate of drug-likeness (QED) is 0.543. The van der Waals surface area contributed by atoms with Crippen molar-refractivity contribution in [3.63, 3.8) is 0 Å². The van der Waals surface area contributed by atoms with Crippen LogP contribution < -0.4 is 10.1 Å². The summed E-state index contributed by atoms with van der Waals surface area (Å²) < 4.78 is 18.9.